The van der Waals surface area contributed by atoms with Crippen molar-refractivity contribution in [2.75, 3.05) is 0 Å². The van der Waals surface area contributed by atoms with E-state index in [1.165, 1.54) is 0 Å². The van der Waals surface area contributed by atoms with Gasteiger partial charge >= 0.3 is 6.03 Å². The first-order valence-electron chi connectivity index (χ1n) is 2.75. The highest BCUT2D eigenvalue weighted by Gasteiger charge is 1.86. The molecule has 0 bridgehead atoms. The number of nitrogens with zero attached hydrogens (tertiary/aromatic N) is 1. The van der Waals surface area contributed by atoms with Crippen molar-refractivity contribution in [2.24, 2.45) is 10.8 Å². The van der Waals surface area contributed by atoms with E-state index in [-0.39, 0.29) is 0 Å². The van der Waals surface area contributed by atoms with Gasteiger partial charge in [-0.1, -0.05) is 6.92 Å². The van der Waals surface area contributed by atoms with E-state index in [9.17, 15) is 4.79 Å². The summed E-state index contributed by atoms with van der Waals surface area (Å²) in [7, 11) is 0. The van der Waals surface area contributed by atoms with E-state index in [2.05, 4.69) is 10.5 Å². The van der Waals surface area contributed by atoms with Gasteiger partial charge in [-0.05, 0) is 13.3 Å². The summed E-state index contributed by atoms with van der Waals surface area (Å²) in [4.78, 5) is 10.0. The molecular formula is C5H11N3O. The lowest BCUT2D eigenvalue weighted by atomic mass is 10.3. The lowest BCUT2D eigenvalue weighted by Crippen LogP contribution is -2.25. The minimum Gasteiger partial charge on any atom is -0.350 e. The Hall–Kier alpha value is -1.06. The fourth-order valence-corrected chi connectivity index (χ4v) is 0.230. The van der Waals surface area contributed by atoms with Gasteiger partial charge in [-0.2, -0.15) is 5.10 Å². The molecule has 2 amide bonds. The molecule has 0 aliphatic rings. The van der Waals surface area contributed by atoms with Crippen molar-refractivity contribution in [1.29, 1.82) is 0 Å². The van der Waals surface area contributed by atoms with Crippen LogP contribution in [0.25, 0.3) is 0 Å². The second-order valence-electron chi connectivity index (χ2n) is 1.68. The van der Waals surface area contributed by atoms with Crippen LogP contribution in [0.1, 0.15) is 20.3 Å². The average Bonchev–Trinajstić information content (AvgIpc) is 1.83. The van der Waals surface area contributed by atoms with E-state index in [1.54, 1.807) is 0 Å². The predicted octanol–water partition coefficient (Wildman–Crippen LogP) is 0.441. The molecule has 0 rings (SSSR count). The Balaban J connectivity index is 3.56. The number of hydrogen-bond donors (Lipinski definition) is 2. The van der Waals surface area contributed by atoms with Gasteiger partial charge in [0.15, 0.2) is 0 Å². The first kappa shape index (κ1) is 7.94. The molecule has 9 heavy (non-hydrogen) atoms. The Kier molecular flexibility index (Phi) is 3.43. The topological polar surface area (TPSA) is 67.5 Å². The highest BCUT2D eigenvalue weighted by atomic mass is 16.2. The number of carbonyl (C=O) groups excluding carboxylic acids is 1. The molecular weight excluding hydrogens is 118 g/mol. The molecule has 0 aromatic heterocycles. The number of nitrogens with two attached hydrogens (primary N) is 1. The van der Waals surface area contributed by atoms with Crippen LogP contribution < -0.4 is 11.2 Å². The summed E-state index contributed by atoms with van der Waals surface area (Å²) in [6.07, 6.45) is 0.820. The average molecular weight is 129 g/mol. The fourth-order valence-electron chi connectivity index (χ4n) is 0.230. The maximum atomic E-state index is 10.0. The summed E-state index contributed by atoms with van der Waals surface area (Å²) in [5.41, 5.74) is 7.72. The summed E-state index contributed by atoms with van der Waals surface area (Å²) in [5, 5.41) is 3.63. The molecule has 52 valence electrons. The molecule has 0 aromatic carbocycles. The van der Waals surface area contributed by atoms with Crippen molar-refractivity contribution < 1.29 is 4.79 Å². The minimum atomic E-state index is -0.622. The molecule has 0 aromatic rings. The van der Waals surface area contributed by atoms with Crippen molar-refractivity contribution in [3.8, 4) is 0 Å². The van der Waals surface area contributed by atoms with Crippen molar-refractivity contribution in [1.82, 2.24) is 5.43 Å². The summed E-state index contributed by atoms with van der Waals surface area (Å²) >= 11 is 0. The predicted molar refractivity (Wildman–Crippen MR) is 36.1 cm³/mol. The van der Waals surface area contributed by atoms with Gasteiger partial charge in [-0.3, -0.25) is 0 Å². The second kappa shape index (κ2) is 3.88. The molecule has 0 spiro atoms. The van der Waals surface area contributed by atoms with Crippen LogP contribution in [0.2, 0.25) is 0 Å². The Morgan fingerprint density at radius 1 is 1.78 bits per heavy atom. The molecule has 0 saturated carbocycles. The molecule has 0 saturated heterocycles. The Bertz CT molecular complexity index is 130. The largest absolute Gasteiger partial charge is 0.350 e. The molecule has 0 heterocycles. The third-order valence-electron chi connectivity index (χ3n) is 0.869. The number of carbonyl (C=O) groups is 1. The number of hydrazone groups is 1. The quantitative estimate of drug-likeness (QED) is 0.412. The maximum absolute atomic E-state index is 10.0. The number of hydrogen-bond acceptors (Lipinski definition) is 2. The summed E-state index contributed by atoms with van der Waals surface area (Å²) < 4.78 is 0. The molecule has 3 N–H and O–H groups in total. The van der Waals surface area contributed by atoms with E-state index in [0.717, 1.165) is 12.1 Å². The Morgan fingerprint density at radius 2 is 2.33 bits per heavy atom. The second-order valence-corrected chi connectivity index (χ2v) is 1.68. The smallest absolute Gasteiger partial charge is 0.332 e. The van der Waals surface area contributed by atoms with Crippen molar-refractivity contribution >= 4 is 11.7 Å². The number of amides is 2. The molecule has 4 nitrogen and oxygen atoms in total. The molecule has 0 fully saturated rings. The van der Waals surface area contributed by atoms with Gasteiger partial charge in [0.1, 0.15) is 0 Å². The first-order chi connectivity index (χ1) is 4.16. The van der Waals surface area contributed by atoms with Crippen LogP contribution in [0.3, 0.4) is 0 Å². The van der Waals surface area contributed by atoms with Crippen LogP contribution in [0.5, 0.6) is 0 Å². The Morgan fingerprint density at radius 3 is 2.67 bits per heavy atom. The summed E-state index contributed by atoms with van der Waals surface area (Å²) in [6.45, 7) is 3.76. The van der Waals surface area contributed by atoms with E-state index in [0.29, 0.717) is 0 Å². The molecule has 0 unspecified atom stereocenters. The van der Waals surface area contributed by atoms with Crippen molar-refractivity contribution in [3.05, 3.63) is 0 Å². The highest BCUT2D eigenvalue weighted by Crippen LogP contribution is 1.79. The number of urea groups is 1. The number of nitrogens with one attached hydrogen (secondary N) is 1. The fraction of sp³-hybridized carbons (Fsp3) is 0.600. The van der Waals surface area contributed by atoms with Crippen LogP contribution in [-0.4, -0.2) is 11.7 Å². The summed E-state index contributed by atoms with van der Waals surface area (Å²) in [6, 6.07) is -0.622. The van der Waals surface area contributed by atoms with Crippen LogP contribution in [0.15, 0.2) is 5.10 Å². The molecule has 4 heteroatoms. The van der Waals surface area contributed by atoms with Gasteiger partial charge in [0.2, 0.25) is 0 Å². The third kappa shape index (κ3) is 4.80. The lowest BCUT2D eigenvalue weighted by Gasteiger charge is -1.93. The standard InChI is InChI=1S/C5H11N3O/c1-3-4(2)7-8-5(6)9/h3H2,1-2H3,(H3,6,8,9)/b7-4+. The highest BCUT2D eigenvalue weighted by molar-refractivity contribution is 5.83. The summed E-state index contributed by atoms with van der Waals surface area (Å²) in [5.74, 6) is 0. The molecule has 0 aliphatic heterocycles. The van der Waals surface area contributed by atoms with E-state index in [4.69, 9.17) is 5.73 Å². The Labute approximate surface area is 54.1 Å². The van der Waals surface area contributed by atoms with Crippen molar-refractivity contribution in [2.45, 2.75) is 20.3 Å². The van der Waals surface area contributed by atoms with E-state index >= 15 is 0 Å². The van der Waals surface area contributed by atoms with Gasteiger partial charge in [0.05, 0.1) is 0 Å². The van der Waals surface area contributed by atoms with Gasteiger partial charge in [-0.15, -0.1) is 0 Å². The zero-order valence-corrected chi connectivity index (χ0v) is 5.64. The van der Waals surface area contributed by atoms with Crippen LogP contribution >= 0.6 is 0 Å². The van der Waals surface area contributed by atoms with Gasteiger partial charge in [0.25, 0.3) is 0 Å². The zero-order chi connectivity index (χ0) is 7.28. The minimum absolute atomic E-state index is 0.622. The van der Waals surface area contributed by atoms with Crippen molar-refractivity contribution in [3.63, 3.8) is 0 Å². The van der Waals surface area contributed by atoms with Gasteiger partial charge in [0, 0.05) is 5.71 Å². The number of primary amides is 1. The number of rotatable bonds is 2. The van der Waals surface area contributed by atoms with Crippen LogP contribution in [0, 0.1) is 0 Å². The molecule has 0 radical (unpaired) electrons. The third-order valence-corrected chi connectivity index (χ3v) is 0.869. The maximum Gasteiger partial charge on any atom is 0.332 e. The van der Waals surface area contributed by atoms with Crippen LogP contribution in [-0.2, 0) is 0 Å². The van der Waals surface area contributed by atoms with Crippen LogP contribution in [0.4, 0.5) is 4.79 Å². The SMILES string of the molecule is CC/C(C)=N/NC(N)=O. The molecule has 0 atom stereocenters. The first-order valence-corrected chi connectivity index (χ1v) is 2.75. The van der Waals surface area contributed by atoms with Gasteiger partial charge in [-0.25, -0.2) is 10.2 Å². The molecule has 0 aliphatic carbocycles. The van der Waals surface area contributed by atoms with E-state index in [1.807, 2.05) is 13.8 Å². The monoisotopic (exact) mass is 129 g/mol. The van der Waals surface area contributed by atoms with E-state index < -0.39 is 6.03 Å². The lowest BCUT2D eigenvalue weighted by molar-refractivity contribution is 0.249. The zero-order valence-electron chi connectivity index (χ0n) is 5.64. The normalized spacial score (nSPS) is 11.1. The van der Waals surface area contributed by atoms with Gasteiger partial charge < -0.3 is 5.73 Å².